The Morgan fingerprint density at radius 1 is 0.376 bits per heavy atom. The number of cyclic esters (lactones) is 2. The number of aliphatic hydroxyl groups is 2. The molecule has 5 atom stereocenters. The number of aliphatic hydroxyl groups excluding tert-OH is 2. The number of halogens is 6. The zero-order chi connectivity index (χ0) is 98.6. The molecule has 12 aliphatic rings. The maximum atomic E-state index is 14.7. The van der Waals surface area contributed by atoms with Crippen molar-refractivity contribution >= 4 is 128 Å². The van der Waals surface area contributed by atoms with Crippen molar-refractivity contribution < 1.29 is 169 Å². The van der Waals surface area contributed by atoms with Crippen LogP contribution in [-0.4, -0.2) is 311 Å². The maximum Gasteiger partial charge on any atom is 1.00 e. The van der Waals surface area contributed by atoms with Gasteiger partial charge in [0.1, 0.15) is 41.3 Å². The van der Waals surface area contributed by atoms with Gasteiger partial charge in [-0.3, -0.25) is 53.3 Å². The summed E-state index contributed by atoms with van der Waals surface area (Å²) in [6, 6.07) is 50.7. The summed E-state index contributed by atoms with van der Waals surface area (Å²) in [6.07, 6.45) is -3.73. The molecule has 0 aliphatic carbocycles. The van der Waals surface area contributed by atoms with Crippen molar-refractivity contribution in [2.24, 2.45) is 5.73 Å². The molecule has 9 aromatic rings. The normalized spacial score (nSPS) is 19.2. The van der Waals surface area contributed by atoms with Crippen LogP contribution < -0.4 is 108 Å². The van der Waals surface area contributed by atoms with Gasteiger partial charge in [0.25, 0.3) is 35.4 Å². The number of β-amino-alcohol motifs (C(OH)–C–C–N with tert-alkyl or cyclic N) is 1. The Morgan fingerprint density at radius 3 is 0.979 bits per heavy atom. The third-order valence-corrected chi connectivity index (χ3v) is 24.5. The van der Waals surface area contributed by atoms with Crippen LogP contribution in [0.25, 0.3) is 5.32 Å². The number of nitrogens with two attached hydrogens (primary N) is 2. The molecule has 0 bridgehead atoms. The summed E-state index contributed by atoms with van der Waals surface area (Å²) in [5.41, 5.74) is 19.4. The second-order valence-corrected chi connectivity index (χ2v) is 33.8. The number of morpholine rings is 5. The second-order valence-electron chi connectivity index (χ2n) is 33.5. The van der Waals surface area contributed by atoms with Crippen LogP contribution in [0.1, 0.15) is 82.9 Å². The van der Waals surface area contributed by atoms with Gasteiger partial charge in [-0.1, -0.05) is 60.7 Å². The largest absolute Gasteiger partial charge is 1.00 e. The molecule has 0 radical (unpaired) electrons. The van der Waals surface area contributed by atoms with Crippen LogP contribution in [0.2, 0.25) is 0 Å². The Bertz CT molecular complexity index is 5880. The summed E-state index contributed by atoms with van der Waals surface area (Å²) in [4.78, 5) is 135. The van der Waals surface area contributed by atoms with Gasteiger partial charge in [0, 0.05) is 113 Å². The number of alkyl halides is 1. The molecule has 8 N–H and O–H groups in total. The average molecular weight is 1990 g/mol. The number of nitrogens with one attached hydrogen (secondary N) is 2. The Morgan fingerprint density at radius 2 is 0.667 bits per heavy atom. The monoisotopic (exact) mass is 1990 g/mol. The minimum Gasteiger partial charge on any atom is -0.587 e. The number of benzene rings is 9. The van der Waals surface area contributed by atoms with E-state index in [1.807, 2.05) is 24.5 Å². The number of rotatable bonds is 21. The summed E-state index contributed by atoms with van der Waals surface area (Å²) in [5, 5.41) is 28.8. The molecular weight excluding hydrogens is 1890 g/mol. The number of ether oxygens (including phenoxy) is 8. The number of hydrogen-bond acceptors (Lipinski definition) is 29. The van der Waals surface area contributed by atoms with Crippen molar-refractivity contribution in [3.63, 3.8) is 0 Å². The predicted octanol–water partition coefficient (Wildman–Crippen LogP) is 6.92. The number of hydrogen-bond donors (Lipinski definition) is 6. The van der Waals surface area contributed by atoms with Gasteiger partial charge in [-0.25, -0.2) is 31.5 Å². The molecule has 141 heavy (non-hydrogen) atoms. The molecular formula is C99H104ClF5KN15O20. The van der Waals surface area contributed by atoms with Crippen molar-refractivity contribution in [3.05, 3.63) is 267 Å². The van der Waals surface area contributed by atoms with E-state index in [4.69, 9.17) is 61.0 Å². The molecule has 0 spiro atoms. The van der Waals surface area contributed by atoms with Gasteiger partial charge in [0.05, 0.1) is 215 Å². The quantitative estimate of drug-likeness (QED) is 0.0106. The van der Waals surface area contributed by atoms with Gasteiger partial charge < -0.3 is 110 Å². The number of fused-ring (bicyclic) bond motifs is 4. The predicted molar refractivity (Wildman–Crippen MR) is 509 cm³/mol. The van der Waals surface area contributed by atoms with Crippen LogP contribution in [0.15, 0.2) is 188 Å². The minimum atomic E-state index is -0.987. The molecule has 35 nitrogen and oxygen atoms in total. The number of carbonyl (C=O) groups is 10. The van der Waals surface area contributed by atoms with E-state index in [-0.39, 0.29) is 137 Å². The average Bonchev–Trinajstić information content (AvgIpc) is 1.66. The molecule has 8 fully saturated rings. The number of nitrogens with zero attached hydrogens (tertiary/aromatic N) is 11. The van der Waals surface area contributed by atoms with E-state index in [2.05, 4.69) is 16.0 Å². The number of imide groups is 4. The van der Waals surface area contributed by atoms with E-state index in [0.29, 0.717) is 246 Å². The van der Waals surface area contributed by atoms with E-state index >= 15 is 0 Å². The first-order valence-corrected chi connectivity index (χ1v) is 46.1. The van der Waals surface area contributed by atoms with Gasteiger partial charge in [-0.15, -0.1) is 11.6 Å². The van der Waals surface area contributed by atoms with Crippen molar-refractivity contribution in [2.75, 3.05) is 247 Å². The first-order chi connectivity index (χ1) is 67.8. The van der Waals surface area contributed by atoms with Gasteiger partial charge in [-0.05, 0) is 127 Å². The van der Waals surface area contributed by atoms with Crippen molar-refractivity contribution in [3.8, 4) is 0 Å². The molecule has 0 saturated carbocycles. The van der Waals surface area contributed by atoms with E-state index in [9.17, 15) is 80.1 Å². The van der Waals surface area contributed by atoms with E-state index in [1.165, 1.54) is 45.0 Å². The number of amides is 10. The third kappa shape index (κ3) is 26.2. The number of carbonyl (C=O) groups excluding carboxylic acids is 10. The van der Waals surface area contributed by atoms with E-state index < -0.39 is 71.8 Å². The number of nitrogen functional groups attached to an aromatic ring is 1. The van der Waals surface area contributed by atoms with Crippen LogP contribution in [0.5, 0.6) is 0 Å². The Kier molecular flexibility index (Phi) is 36.6. The zero-order valence-corrected chi connectivity index (χ0v) is 81.0. The summed E-state index contributed by atoms with van der Waals surface area (Å²) in [7, 11) is 0. The van der Waals surface area contributed by atoms with Crippen molar-refractivity contribution in [1.29, 1.82) is 0 Å². The molecule has 12 heterocycles. The van der Waals surface area contributed by atoms with Gasteiger partial charge in [0.15, 0.2) is 0 Å². The Hall–Kier alpha value is -12.3. The van der Waals surface area contributed by atoms with Crippen molar-refractivity contribution in [1.82, 2.24) is 14.7 Å². The molecule has 738 valence electrons. The standard InChI is InChI=1S/C22H20FN3O5.C21H22FN3O4.C14H18FN3O3.C13H18ClFN2O2.C11H9NO3.C10H13FN2O.C8H5NO2.K/c23-18-11-14(5-6-19(18)24-7-9-30-10-8-24)25-12-15(31-22(25)29)13-26-20(27)16-3-1-2-4-17(16)21(26)28;22-18-11-14(5-6-19(18)24-7-9-29-10-8-24)23-12-15(26)13-25-20(27)16-3-1-2-4-17(16)21(25)28;15-12-7-10(18-9-11(8-16)21-14(18)19)1-2-13(12)17-3-5-20-6-4-17;14-8-11(18)9-16-10-1-2-13(12(15)7-10)17-3-5-19-6-4-17;13-10-8-3-1-2-4-9(8)11(14)12(10)5-7-6-15-7;11-9-7-8(12)1-2-10(9)13-3-5-14-6-4-13;10-7-5-3-1-2-4-6(5)8(11)9-7;/h1-6,11,15H,7-10,12-13H2;1-6,11,15,23,26H,7-10,12-13H2;1-2,7,11H,3-6,8-9,16H2;1-2,7,11,16,18H,3-6,8-9H2;1-4,7H,5-6H2;1-2,7H,3-6,12H2;1-4H,(H,9,10,11);/q;;;;;;;+1/p-1/t2*15-;2*11-;7-;;;/m11000.../s1. The van der Waals surface area contributed by atoms with Crippen LogP contribution >= 0.6 is 11.6 Å². The number of epoxide rings is 1. The van der Waals surface area contributed by atoms with Crippen LogP contribution in [0.4, 0.5) is 88.4 Å². The third-order valence-electron chi connectivity index (χ3n) is 24.2. The molecule has 10 amide bonds. The molecule has 21 rings (SSSR count). The molecule has 42 heteroatoms. The second kappa shape index (κ2) is 49.4. The molecule has 8 saturated heterocycles. The molecule has 0 aromatic heterocycles. The summed E-state index contributed by atoms with van der Waals surface area (Å²) >= 11 is 5.49. The molecule has 9 aromatic carbocycles. The fraction of sp³-hybridized carbons (Fsp3) is 0.354. The summed E-state index contributed by atoms with van der Waals surface area (Å²) < 4.78 is 113. The van der Waals surface area contributed by atoms with Crippen molar-refractivity contribution in [2.45, 2.75) is 30.5 Å². The molecule has 12 aliphatic heterocycles. The first kappa shape index (κ1) is 105. The maximum absolute atomic E-state index is 14.7. The summed E-state index contributed by atoms with van der Waals surface area (Å²) in [6.45, 7) is 14.6. The van der Waals surface area contributed by atoms with Crippen LogP contribution in [-0.2, 0) is 37.9 Å². The summed E-state index contributed by atoms with van der Waals surface area (Å²) in [5.74, 6) is -4.40. The SMILES string of the molecule is NC[C@H]1CN(c2ccc(N3CCOCC3)c(F)c2)C(=O)O1.Nc1ccc(N2CCOCC2)c(F)c1.O=C1[N-]C(=O)c2ccccc21.O=C1c2ccccc2C(=O)N1C[C@H](O)CNc1ccc(N2CCOCC2)c(F)c1.O=C1c2ccccc2C(=O)N1C[C@H]1CN(c2ccc(N3CCOCC3)c(F)c2)C(=O)O1.O=C1c2ccccc2C(=O)N1C[C@H]1CO1.O[C@@H](CCl)CNc1ccc(N2CCOCC2)c(F)c1.[K+]. The Labute approximate surface area is 855 Å². The molecule has 0 unspecified atom stereocenters. The first-order valence-electron chi connectivity index (χ1n) is 45.6. The zero-order valence-electron chi connectivity index (χ0n) is 77.1. The van der Waals surface area contributed by atoms with E-state index in [1.54, 1.807) is 158 Å². The van der Waals surface area contributed by atoms with Crippen LogP contribution in [0.3, 0.4) is 0 Å². The minimum absolute atomic E-state index is 0. The smallest absolute Gasteiger partial charge is 0.587 e. The Balaban J connectivity index is 0.000000134. The van der Waals surface area contributed by atoms with E-state index in [0.717, 1.165) is 22.9 Å². The topological polar surface area (TPSA) is 411 Å². The van der Waals surface area contributed by atoms with Gasteiger partial charge in [0.2, 0.25) is 0 Å². The van der Waals surface area contributed by atoms with Gasteiger partial charge in [-0.2, -0.15) is 0 Å². The fourth-order valence-electron chi connectivity index (χ4n) is 16.7. The van der Waals surface area contributed by atoms with Gasteiger partial charge >= 0.3 is 63.6 Å². The number of anilines is 10. The fourth-order valence-corrected chi connectivity index (χ4v) is 16.8. The van der Waals surface area contributed by atoms with Crippen LogP contribution in [0, 0.1) is 29.1 Å².